The van der Waals surface area contributed by atoms with E-state index in [9.17, 15) is 0 Å². The first kappa shape index (κ1) is 10.0. The molecule has 1 aliphatic heterocycles. The fourth-order valence-corrected chi connectivity index (χ4v) is 1.66. The molecule has 1 rings (SSSR count). The zero-order valence-electron chi connectivity index (χ0n) is 8.31. The van der Waals surface area contributed by atoms with Crippen molar-refractivity contribution in [1.82, 2.24) is 5.32 Å². The molecule has 0 amide bonds. The highest BCUT2D eigenvalue weighted by Gasteiger charge is 2.22. The van der Waals surface area contributed by atoms with E-state index in [1.165, 1.54) is 25.7 Å². The second kappa shape index (κ2) is 5.55. The van der Waals surface area contributed by atoms with E-state index in [2.05, 4.69) is 19.2 Å². The Morgan fingerprint density at radius 1 is 1.42 bits per heavy atom. The highest BCUT2D eigenvalue weighted by molar-refractivity contribution is 4.78. The van der Waals surface area contributed by atoms with Crippen LogP contribution in [0.1, 0.15) is 39.5 Å². The predicted octanol–water partition coefficient (Wildman–Crippen LogP) is 1.94. The van der Waals surface area contributed by atoms with Crippen LogP contribution in [0.3, 0.4) is 0 Å². The van der Waals surface area contributed by atoms with Gasteiger partial charge >= 0.3 is 0 Å². The van der Waals surface area contributed by atoms with E-state index in [4.69, 9.17) is 4.74 Å². The Kier molecular flexibility index (Phi) is 4.62. The van der Waals surface area contributed by atoms with Gasteiger partial charge in [0.2, 0.25) is 0 Å². The van der Waals surface area contributed by atoms with Crippen molar-refractivity contribution in [1.29, 1.82) is 0 Å². The van der Waals surface area contributed by atoms with Crippen LogP contribution >= 0.6 is 0 Å². The van der Waals surface area contributed by atoms with Gasteiger partial charge < -0.3 is 10.1 Å². The fraction of sp³-hybridized carbons (Fsp3) is 1.00. The van der Waals surface area contributed by atoms with Crippen molar-refractivity contribution in [2.45, 2.75) is 51.7 Å². The molecule has 0 aromatic heterocycles. The van der Waals surface area contributed by atoms with E-state index in [1.807, 2.05) is 0 Å². The van der Waals surface area contributed by atoms with Crippen molar-refractivity contribution in [2.24, 2.45) is 0 Å². The van der Waals surface area contributed by atoms with Gasteiger partial charge in [-0.25, -0.2) is 0 Å². The number of rotatable bonds is 5. The first-order chi connectivity index (χ1) is 5.84. The van der Waals surface area contributed by atoms with E-state index in [0.29, 0.717) is 12.1 Å². The molecule has 0 radical (unpaired) electrons. The normalized spacial score (nSPS) is 29.5. The summed E-state index contributed by atoms with van der Waals surface area (Å²) in [5.41, 5.74) is 0. The zero-order chi connectivity index (χ0) is 8.81. The minimum atomic E-state index is 0.423. The van der Waals surface area contributed by atoms with Crippen molar-refractivity contribution < 1.29 is 4.74 Å². The summed E-state index contributed by atoms with van der Waals surface area (Å²) >= 11 is 0. The lowest BCUT2D eigenvalue weighted by atomic mass is 10.1. The molecule has 0 spiro atoms. The number of ether oxygens (including phenoxy) is 1. The Hall–Kier alpha value is -0.0800. The number of hydrogen-bond donors (Lipinski definition) is 1. The van der Waals surface area contributed by atoms with Crippen molar-refractivity contribution in [3.05, 3.63) is 0 Å². The van der Waals surface area contributed by atoms with E-state index in [1.54, 1.807) is 0 Å². The topological polar surface area (TPSA) is 21.3 Å². The molecule has 1 N–H and O–H groups in total. The molecule has 1 fully saturated rings. The molecular weight excluding hydrogens is 150 g/mol. The standard InChI is InChI=1S/C10H21NO/c1-3-4-5-7-11-10-6-8-12-9(10)2/h9-11H,3-8H2,1-2H3/t9-,10+/m0/s1. The van der Waals surface area contributed by atoms with E-state index in [-0.39, 0.29) is 0 Å². The van der Waals surface area contributed by atoms with Crippen LogP contribution in [0.5, 0.6) is 0 Å². The van der Waals surface area contributed by atoms with Gasteiger partial charge in [0, 0.05) is 12.6 Å². The minimum absolute atomic E-state index is 0.423. The number of hydrogen-bond acceptors (Lipinski definition) is 2. The smallest absolute Gasteiger partial charge is 0.0700 e. The molecule has 0 bridgehead atoms. The maximum absolute atomic E-state index is 5.46. The third-order valence-electron chi connectivity index (χ3n) is 2.56. The first-order valence-corrected chi connectivity index (χ1v) is 5.19. The lowest BCUT2D eigenvalue weighted by Crippen LogP contribution is -2.35. The SMILES string of the molecule is CCCCCN[C@@H]1CCO[C@H]1C. The van der Waals surface area contributed by atoms with Gasteiger partial charge in [0.1, 0.15) is 0 Å². The largest absolute Gasteiger partial charge is 0.377 e. The Labute approximate surface area is 75.7 Å². The predicted molar refractivity (Wildman–Crippen MR) is 51.3 cm³/mol. The van der Waals surface area contributed by atoms with Gasteiger partial charge in [0.15, 0.2) is 0 Å². The average Bonchev–Trinajstić information content (AvgIpc) is 2.46. The molecule has 1 aliphatic rings. The number of unbranched alkanes of at least 4 members (excludes halogenated alkanes) is 2. The van der Waals surface area contributed by atoms with E-state index >= 15 is 0 Å². The molecule has 2 heteroatoms. The Bertz CT molecular complexity index is 116. The summed E-state index contributed by atoms with van der Waals surface area (Å²) in [6, 6.07) is 0.613. The highest BCUT2D eigenvalue weighted by Crippen LogP contribution is 2.12. The molecule has 0 aliphatic carbocycles. The van der Waals surface area contributed by atoms with Gasteiger partial charge in [-0.1, -0.05) is 19.8 Å². The van der Waals surface area contributed by atoms with Gasteiger partial charge in [-0.05, 0) is 26.3 Å². The summed E-state index contributed by atoms with van der Waals surface area (Å²) in [6.45, 7) is 6.49. The van der Waals surface area contributed by atoms with Crippen molar-refractivity contribution >= 4 is 0 Å². The molecule has 72 valence electrons. The van der Waals surface area contributed by atoms with E-state index < -0.39 is 0 Å². The van der Waals surface area contributed by atoms with Crippen LogP contribution in [0.25, 0.3) is 0 Å². The molecule has 2 atom stereocenters. The highest BCUT2D eigenvalue weighted by atomic mass is 16.5. The molecule has 1 saturated heterocycles. The van der Waals surface area contributed by atoms with E-state index in [0.717, 1.165) is 13.2 Å². The van der Waals surface area contributed by atoms with Crippen molar-refractivity contribution in [2.75, 3.05) is 13.2 Å². The van der Waals surface area contributed by atoms with Gasteiger partial charge in [0.25, 0.3) is 0 Å². The van der Waals surface area contributed by atoms with Crippen LogP contribution in [0.2, 0.25) is 0 Å². The molecule has 1 heterocycles. The van der Waals surface area contributed by atoms with Crippen LogP contribution in [0.15, 0.2) is 0 Å². The van der Waals surface area contributed by atoms with Crippen molar-refractivity contribution in [3.8, 4) is 0 Å². The van der Waals surface area contributed by atoms with Gasteiger partial charge in [-0.2, -0.15) is 0 Å². The third kappa shape index (κ3) is 3.11. The van der Waals surface area contributed by atoms with Crippen LogP contribution in [0.4, 0.5) is 0 Å². The maximum atomic E-state index is 5.46. The fourth-order valence-electron chi connectivity index (χ4n) is 1.66. The minimum Gasteiger partial charge on any atom is -0.377 e. The Balaban J connectivity index is 1.98. The molecule has 0 aromatic rings. The monoisotopic (exact) mass is 171 g/mol. The summed E-state index contributed by atoms with van der Waals surface area (Å²) in [5, 5.41) is 3.54. The summed E-state index contributed by atoms with van der Waals surface area (Å²) in [7, 11) is 0. The van der Waals surface area contributed by atoms with Crippen LogP contribution < -0.4 is 5.32 Å². The van der Waals surface area contributed by atoms with Crippen LogP contribution in [-0.2, 0) is 4.74 Å². The first-order valence-electron chi connectivity index (χ1n) is 5.19. The lowest BCUT2D eigenvalue weighted by molar-refractivity contribution is 0.113. The lowest BCUT2D eigenvalue weighted by Gasteiger charge is -2.15. The number of nitrogens with one attached hydrogen (secondary N) is 1. The summed E-state index contributed by atoms with van der Waals surface area (Å²) in [6.07, 6.45) is 5.56. The molecule has 0 aromatic carbocycles. The summed E-state index contributed by atoms with van der Waals surface area (Å²) < 4.78 is 5.46. The second-order valence-electron chi connectivity index (χ2n) is 3.63. The molecule has 0 unspecified atom stereocenters. The summed E-state index contributed by atoms with van der Waals surface area (Å²) in [5.74, 6) is 0. The van der Waals surface area contributed by atoms with Crippen LogP contribution in [0, 0.1) is 0 Å². The maximum Gasteiger partial charge on any atom is 0.0700 e. The second-order valence-corrected chi connectivity index (χ2v) is 3.63. The molecule has 0 saturated carbocycles. The molecular formula is C10H21NO. The molecule has 2 nitrogen and oxygen atoms in total. The van der Waals surface area contributed by atoms with Crippen molar-refractivity contribution in [3.63, 3.8) is 0 Å². The molecule has 12 heavy (non-hydrogen) atoms. The van der Waals surface area contributed by atoms with Crippen LogP contribution in [-0.4, -0.2) is 25.3 Å². The van der Waals surface area contributed by atoms with Gasteiger partial charge in [-0.15, -0.1) is 0 Å². The Morgan fingerprint density at radius 3 is 2.83 bits per heavy atom. The van der Waals surface area contributed by atoms with Gasteiger partial charge in [-0.3, -0.25) is 0 Å². The summed E-state index contributed by atoms with van der Waals surface area (Å²) in [4.78, 5) is 0. The quantitative estimate of drug-likeness (QED) is 0.638. The average molecular weight is 171 g/mol. The van der Waals surface area contributed by atoms with Gasteiger partial charge in [0.05, 0.1) is 6.10 Å². The third-order valence-corrected chi connectivity index (χ3v) is 2.56. The zero-order valence-corrected chi connectivity index (χ0v) is 8.31. The Morgan fingerprint density at radius 2 is 2.25 bits per heavy atom.